The predicted molar refractivity (Wildman–Crippen MR) is 80.3 cm³/mol. The molecule has 0 aliphatic heterocycles. The second-order valence-electron chi connectivity index (χ2n) is 4.32. The summed E-state index contributed by atoms with van der Waals surface area (Å²) in [4.78, 5) is 25.4. The van der Waals surface area contributed by atoms with E-state index in [2.05, 4.69) is 15.9 Å². The third kappa shape index (κ3) is 1.72. The van der Waals surface area contributed by atoms with Gasteiger partial charge in [0.1, 0.15) is 0 Å². The number of nitrogen functional groups attached to an aromatic ring is 1. The standard InChI is InChI=1S/C14H8BrNO3S/c15-8-5-9(20-19)12(16)11-10(8)13(17)6-3-1-2-4-7(6)14(11)18/h1-5,19H,16H2. The molecular weight excluding hydrogens is 342 g/mol. The summed E-state index contributed by atoms with van der Waals surface area (Å²) in [5.74, 6) is -0.549. The zero-order chi connectivity index (χ0) is 14.4. The normalized spacial score (nSPS) is 13.1. The van der Waals surface area contributed by atoms with Crippen molar-refractivity contribution >= 4 is 45.2 Å². The van der Waals surface area contributed by atoms with Gasteiger partial charge in [0.05, 0.1) is 21.7 Å². The van der Waals surface area contributed by atoms with Gasteiger partial charge in [-0.2, -0.15) is 0 Å². The summed E-state index contributed by atoms with van der Waals surface area (Å²) in [5, 5.41) is 0. The summed E-state index contributed by atoms with van der Waals surface area (Å²) in [6, 6.07) is 8.17. The van der Waals surface area contributed by atoms with E-state index in [0.717, 1.165) is 0 Å². The highest BCUT2D eigenvalue weighted by atomic mass is 79.9. The van der Waals surface area contributed by atoms with Gasteiger partial charge in [0, 0.05) is 27.6 Å². The number of benzene rings is 2. The van der Waals surface area contributed by atoms with Crippen molar-refractivity contribution in [2.24, 2.45) is 0 Å². The van der Waals surface area contributed by atoms with Gasteiger partial charge in [-0.3, -0.25) is 9.59 Å². The van der Waals surface area contributed by atoms with Crippen LogP contribution in [-0.2, 0) is 0 Å². The lowest BCUT2D eigenvalue weighted by molar-refractivity contribution is 0.0979. The lowest BCUT2D eigenvalue weighted by Gasteiger charge is -2.21. The highest BCUT2D eigenvalue weighted by Gasteiger charge is 2.33. The van der Waals surface area contributed by atoms with Crippen molar-refractivity contribution in [3.05, 3.63) is 57.1 Å². The van der Waals surface area contributed by atoms with Gasteiger partial charge in [0.25, 0.3) is 0 Å². The number of anilines is 1. The van der Waals surface area contributed by atoms with E-state index < -0.39 is 0 Å². The van der Waals surface area contributed by atoms with Crippen molar-refractivity contribution in [3.63, 3.8) is 0 Å². The number of hydrogen-bond donors (Lipinski definition) is 2. The van der Waals surface area contributed by atoms with Crippen LogP contribution in [0.15, 0.2) is 39.7 Å². The molecule has 0 unspecified atom stereocenters. The number of hydrogen-bond acceptors (Lipinski definition) is 5. The lowest BCUT2D eigenvalue weighted by Crippen LogP contribution is -2.23. The molecule has 0 bridgehead atoms. The minimum Gasteiger partial charge on any atom is -0.397 e. The fourth-order valence-corrected chi connectivity index (χ4v) is 3.45. The topological polar surface area (TPSA) is 80.4 Å². The Morgan fingerprint density at radius 3 is 2.15 bits per heavy atom. The molecule has 0 saturated carbocycles. The number of carbonyl (C=O) groups excluding carboxylic acids is 2. The Balaban J connectivity index is 2.39. The van der Waals surface area contributed by atoms with Crippen molar-refractivity contribution in [1.29, 1.82) is 0 Å². The number of carbonyl (C=O) groups is 2. The van der Waals surface area contributed by atoms with Crippen LogP contribution in [0, 0.1) is 0 Å². The Morgan fingerprint density at radius 1 is 1.05 bits per heavy atom. The highest BCUT2D eigenvalue weighted by molar-refractivity contribution is 9.10. The minimum atomic E-state index is -0.302. The van der Waals surface area contributed by atoms with Gasteiger partial charge in [-0.1, -0.05) is 24.3 Å². The Morgan fingerprint density at radius 2 is 1.60 bits per heavy atom. The molecule has 0 aromatic heterocycles. The molecule has 1 aliphatic rings. The molecule has 3 rings (SSSR count). The maximum atomic E-state index is 12.6. The fraction of sp³-hybridized carbons (Fsp3) is 0. The number of nitrogens with two attached hydrogens (primary N) is 1. The summed E-state index contributed by atoms with van der Waals surface area (Å²) >= 11 is 3.72. The van der Waals surface area contributed by atoms with Crippen LogP contribution in [0.5, 0.6) is 0 Å². The number of rotatable bonds is 1. The van der Waals surface area contributed by atoms with Crippen molar-refractivity contribution in [2.75, 3.05) is 5.73 Å². The van der Waals surface area contributed by atoms with E-state index in [1.165, 1.54) is 6.07 Å². The molecule has 4 nitrogen and oxygen atoms in total. The van der Waals surface area contributed by atoms with Crippen LogP contribution in [0.2, 0.25) is 0 Å². The predicted octanol–water partition coefficient (Wildman–Crippen LogP) is 3.37. The Hall–Kier alpha value is -1.63. The zero-order valence-corrected chi connectivity index (χ0v) is 12.4. The van der Waals surface area contributed by atoms with E-state index in [9.17, 15) is 14.1 Å². The van der Waals surface area contributed by atoms with Gasteiger partial charge >= 0.3 is 0 Å². The molecular formula is C14H8BrNO3S. The maximum absolute atomic E-state index is 12.6. The van der Waals surface area contributed by atoms with E-state index >= 15 is 0 Å². The number of ketones is 2. The second-order valence-corrected chi connectivity index (χ2v) is 5.79. The van der Waals surface area contributed by atoms with Crippen molar-refractivity contribution < 1.29 is 14.1 Å². The average molecular weight is 350 g/mol. The van der Waals surface area contributed by atoms with E-state index in [0.29, 0.717) is 32.5 Å². The van der Waals surface area contributed by atoms with E-state index in [4.69, 9.17) is 5.73 Å². The van der Waals surface area contributed by atoms with Crippen LogP contribution in [0.1, 0.15) is 31.8 Å². The Labute approximate surface area is 127 Å². The first-order valence-corrected chi connectivity index (χ1v) is 7.24. The zero-order valence-electron chi connectivity index (χ0n) is 10.0. The van der Waals surface area contributed by atoms with E-state index in [1.807, 2.05) is 0 Å². The molecule has 0 spiro atoms. The average Bonchev–Trinajstić information content (AvgIpc) is 2.46. The molecule has 0 radical (unpaired) electrons. The summed E-state index contributed by atoms with van der Waals surface area (Å²) < 4.78 is 9.66. The first-order valence-electron chi connectivity index (χ1n) is 5.68. The molecule has 0 fully saturated rings. The van der Waals surface area contributed by atoms with Crippen LogP contribution < -0.4 is 5.73 Å². The molecule has 6 heteroatoms. The molecule has 0 amide bonds. The van der Waals surface area contributed by atoms with Gasteiger partial charge in [0.2, 0.25) is 0 Å². The second kappa shape index (κ2) is 4.73. The summed E-state index contributed by atoms with van der Waals surface area (Å²) in [7, 11) is 0. The monoisotopic (exact) mass is 349 g/mol. The van der Waals surface area contributed by atoms with Gasteiger partial charge in [-0.25, -0.2) is 0 Å². The fourth-order valence-electron chi connectivity index (χ4n) is 2.32. The Bertz CT molecular complexity index is 773. The molecule has 0 saturated heterocycles. The molecule has 20 heavy (non-hydrogen) atoms. The van der Waals surface area contributed by atoms with E-state index in [1.54, 1.807) is 24.3 Å². The molecule has 0 atom stereocenters. The summed E-state index contributed by atoms with van der Waals surface area (Å²) in [5.41, 5.74) is 7.16. The van der Waals surface area contributed by atoms with Gasteiger partial charge in [-0.15, -0.1) is 0 Å². The first kappa shape index (κ1) is 13.4. The van der Waals surface area contributed by atoms with Gasteiger partial charge < -0.3 is 10.3 Å². The van der Waals surface area contributed by atoms with Crippen LogP contribution >= 0.6 is 28.0 Å². The van der Waals surface area contributed by atoms with Crippen LogP contribution in [-0.4, -0.2) is 16.1 Å². The number of fused-ring (bicyclic) bond motifs is 2. The third-order valence-corrected chi connectivity index (χ3v) is 4.41. The first-order chi connectivity index (χ1) is 9.56. The summed E-state index contributed by atoms with van der Waals surface area (Å²) in [6.07, 6.45) is 0. The van der Waals surface area contributed by atoms with Crippen molar-refractivity contribution in [1.82, 2.24) is 0 Å². The minimum absolute atomic E-state index is 0.128. The largest absolute Gasteiger partial charge is 0.397 e. The van der Waals surface area contributed by atoms with Crippen LogP contribution in [0.3, 0.4) is 0 Å². The smallest absolute Gasteiger partial charge is 0.196 e. The van der Waals surface area contributed by atoms with Crippen molar-refractivity contribution in [3.8, 4) is 0 Å². The molecule has 3 N–H and O–H groups in total. The molecule has 2 aromatic rings. The molecule has 2 aromatic carbocycles. The van der Waals surface area contributed by atoms with Crippen LogP contribution in [0.4, 0.5) is 5.69 Å². The van der Waals surface area contributed by atoms with E-state index in [-0.39, 0.29) is 28.4 Å². The molecule has 100 valence electrons. The molecule has 1 aliphatic carbocycles. The lowest BCUT2D eigenvalue weighted by atomic mass is 9.83. The molecule has 0 heterocycles. The number of halogens is 1. The summed E-state index contributed by atoms with van der Waals surface area (Å²) in [6.45, 7) is 0. The van der Waals surface area contributed by atoms with Crippen molar-refractivity contribution in [2.45, 2.75) is 4.90 Å². The van der Waals surface area contributed by atoms with Gasteiger partial charge in [0.15, 0.2) is 11.6 Å². The van der Waals surface area contributed by atoms with Crippen LogP contribution in [0.25, 0.3) is 0 Å². The third-order valence-electron chi connectivity index (χ3n) is 3.25. The Kier molecular flexibility index (Phi) is 3.16. The maximum Gasteiger partial charge on any atom is 0.196 e. The quantitative estimate of drug-likeness (QED) is 0.520. The highest BCUT2D eigenvalue weighted by Crippen LogP contribution is 2.39. The SMILES string of the molecule is Nc1c(SO)cc(Br)c2c1C(=O)c1ccccc1C2=O. The van der Waals surface area contributed by atoms with Gasteiger partial charge in [-0.05, 0) is 22.0 Å².